The van der Waals surface area contributed by atoms with E-state index in [2.05, 4.69) is 4.90 Å². The lowest BCUT2D eigenvalue weighted by molar-refractivity contribution is 0.113. The molecule has 0 bridgehead atoms. The highest BCUT2D eigenvalue weighted by Crippen LogP contribution is 2.46. The SMILES string of the molecule is CC.CC.COCC1(CN2CCC(F)C2)CC1. The van der Waals surface area contributed by atoms with Gasteiger partial charge in [-0.25, -0.2) is 4.39 Å². The van der Waals surface area contributed by atoms with E-state index >= 15 is 0 Å². The summed E-state index contributed by atoms with van der Waals surface area (Å²) in [7, 11) is 1.75. The molecular weight excluding hydrogens is 217 g/mol. The van der Waals surface area contributed by atoms with Gasteiger partial charge in [-0.15, -0.1) is 0 Å². The molecule has 17 heavy (non-hydrogen) atoms. The molecule has 0 aromatic heterocycles. The van der Waals surface area contributed by atoms with E-state index in [1.54, 1.807) is 7.11 Å². The van der Waals surface area contributed by atoms with Crippen LogP contribution in [0.3, 0.4) is 0 Å². The first kappa shape index (κ1) is 16.9. The summed E-state index contributed by atoms with van der Waals surface area (Å²) in [5, 5.41) is 0. The zero-order valence-electron chi connectivity index (χ0n) is 12.3. The van der Waals surface area contributed by atoms with Crippen LogP contribution in [0.15, 0.2) is 0 Å². The van der Waals surface area contributed by atoms with Gasteiger partial charge in [0.2, 0.25) is 0 Å². The number of hydrogen-bond donors (Lipinski definition) is 0. The average Bonchev–Trinajstić information content (AvgIpc) is 2.99. The number of methoxy groups -OCH3 is 1. The van der Waals surface area contributed by atoms with Crippen LogP contribution in [0.25, 0.3) is 0 Å². The molecule has 0 aromatic rings. The van der Waals surface area contributed by atoms with Crippen LogP contribution < -0.4 is 0 Å². The van der Waals surface area contributed by atoms with Gasteiger partial charge >= 0.3 is 0 Å². The fourth-order valence-corrected chi connectivity index (χ4v) is 2.23. The first-order valence-electron chi connectivity index (χ1n) is 7.09. The number of halogens is 1. The Morgan fingerprint density at radius 2 is 1.82 bits per heavy atom. The van der Waals surface area contributed by atoms with E-state index in [1.165, 1.54) is 12.8 Å². The zero-order valence-corrected chi connectivity index (χ0v) is 12.3. The van der Waals surface area contributed by atoms with Gasteiger partial charge in [0.1, 0.15) is 6.17 Å². The van der Waals surface area contributed by atoms with Crippen LogP contribution >= 0.6 is 0 Å². The van der Waals surface area contributed by atoms with E-state index in [9.17, 15) is 4.39 Å². The number of nitrogens with zero attached hydrogens (tertiary/aromatic N) is 1. The maximum atomic E-state index is 12.9. The minimum Gasteiger partial charge on any atom is -0.384 e. The van der Waals surface area contributed by atoms with Gasteiger partial charge in [0, 0.05) is 32.2 Å². The van der Waals surface area contributed by atoms with Crippen molar-refractivity contribution < 1.29 is 9.13 Å². The largest absolute Gasteiger partial charge is 0.384 e. The van der Waals surface area contributed by atoms with Crippen LogP contribution in [0.1, 0.15) is 47.0 Å². The summed E-state index contributed by atoms with van der Waals surface area (Å²) in [6.07, 6.45) is 2.66. The fraction of sp³-hybridized carbons (Fsp3) is 1.00. The van der Waals surface area contributed by atoms with Gasteiger partial charge in [0.25, 0.3) is 0 Å². The summed E-state index contributed by atoms with van der Waals surface area (Å²) >= 11 is 0. The second kappa shape index (κ2) is 8.87. The van der Waals surface area contributed by atoms with Crippen molar-refractivity contribution in [1.82, 2.24) is 4.90 Å². The van der Waals surface area contributed by atoms with Crippen molar-refractivity contribution in [2.24, 2.45) is 5.41 Å². The Balaban J connectivity index is 0.000000581. The molecule has 1 saturated carbocycles. The van der Waals surface area contributed by atoms with Gasteiger partial charge < -0.3 is 4.74 Å². The fourth-order valence-electron chi connectivity index (χ4n) is 2.23. The van der Waals surface area contributed by atoms with Crippen LogP contribution in [-0.4, -0.2) is 44.4 Å². The number of likely N-dealkylation sites (tertiary alicyclic amines) is 1. The Kier molecular flexibility index (Phi) is 8.79. The van der Waals surface area contributed by atoms with Crippen molar-refractivity contribution in [3.8, 4) is 0 Å². The predicted octanol–water partition coefficient (Wildman–Crippen LogP) is 3.51. The highest BCUT2D eigenvalue weighted by atomic mass is 19.1. The van der Waals surface area contributed by atoms with E-state index in [-0.39, 0.29) is 0 Å². The monoisotopic (exact) mass is 247 g/mol. The molecule has 2 rings (SSSR count). The molecule has 104 valence electrons. The van der Waals surface area contributed by atoms with E-state index in [1.807, 2.05) is 27.7 Å². The van der Waals surface area contributed by atoms with Crippen LogP contribution in [0.5, 0.6) is 0 Å². The van der Waals surface area contributed by atoms with Crippen molar-refractivity contribution >= 4 is 0 Å². The predicted molar refractivity (Wildman–Crippen MR) is 72.2 cm³/mol. The Morgan fingerprint density at radius 1 is 1.24 bits per heavy atom. The van der Waals surface area contributed by atoms with Gasteiger partial charge in [0.05, 0.1) is 6.61 Å². The standard InChI is InChI=1S/C10H18FNO.2C2H6/c1-13-8-10(3-4-10)7-12-5-2-9(11)6-12;2*1-2/h9H,2-8H2,1H3;2*1-2H3. The van der Waals surface area contributed by atoms with Crippen LogP contribution in [0, 0.1) is 5.41 Å². The minimum absolute atomic E-state index is 0.388. The molecule has 2 aliphatic rings. The van der Waals surface area contributed by atoms with Gasteiger partial charge in [-0.1, -0.05) is 27.7 Å². The molecule has 0 spiro atoms. The molecule has 1 aliphatic carbocycles. The Morgan fingerprint density at radius 3 is 2.18 bits per heavy atom. The second-order valence-corrected chi connectivity index (χ2v) is 4.55. The lowest BCUT2D eigenvalue weighted by Gasteiger charge is -2.21. The number of rotatable bonds is 4. The summed E-state index contributed by atoms with van der Waals surface area (Å²) in [5.74, 6) is 0. The third-order valence-corrected chi connectivity index (χ3v) is 3.18. The number of alkyl halides is 1. The molecule has 0 radical (unpaired) electrons. The highest BCUT2D eigenvalue weighted by Gasteiger charge is 2.44. The summed E-state index contributed by atoms with van der Waals surface area (Å²) in [5.41, 5.74) is 0.388. The normalized spacial score (nSPS) is 25.4. The van der Waals surface area contributed by atoms with Gasteiger partial charge in [-0.3, -0.25) is 4.90 Å². The van der Waals surface area contributed by atoms with Crippen molar-refractivity contribution in [3.63, 3.8) is 0 Å². The minimum atomic E-state index is -0.585. The van der Waals surface area contributed by atoms with Crippen LogP contribution in [-0.2, 0) is 4.74 Å². The first-order valence-corrected chi connectivity index (χ1v) is 7.09. The van der Waals surface area contributed by atoms with E-state index in [4.69, 9.17) is 4.74 Å². The Labute approximate surface area is 107 Å². The molecular formula is C14H30FNO. The summed E-state index contributed by atoms with van der Waals surface area (Å²) in [4.78, 5) is 2.25. The Bertz CT molecular complexity index is 183. The van der Waals surface area contributed by atoms with E-state index in [0.717, 1.165) is 26.1 Å². The summed E-state index contributed by atoms with van der Waals surface area (Å²) in [6.45, 7) is 11.5. The summed E-state index contributed by atoms with van der Waals surface area (Å²) < 4.78 is 18.1. The van der Waals surface area contributed by atoms with Gasteiger partial charge in [-0.05, 0) is 19.3 Å². The lowest BCUT2D eigenvalue weighted by Crippen LogP contribution is -2.31. The third-order valence-electron chi connectivity index (χ3n) is 3.18. The number of ether oxygens (including phenoxy) is 1. The summed E-state index contributed by atoms with van der Waals surface area (Å²) in [6, 6.07) is 0. The molecule has 1 atom stereocenters. The maximum Gasteiger partial charge on any atom is 0.114 e. The van der Waals surface area contributed by atoms with Crippen molar-refractivity contribution in [2.75, 3.05) is 33.4 Å². The lowest BCUT2D eigenvalue weighted by atomic mass is 10.1. The van der Waals surface area contributed by atoms with Gasteiger partial charge in [-0.2, -0.15) is 0 Å². The Hall–Kier alpha value is -0.150. The zero-order chi connectivity index (χ0) is 13.3. The highest BCUT2D eigenvalue weighted by molar-refractivity contribution is 4.96. The van der Waals surface area contributed by atoms with Crippen molar-refractivity contribution in [1.29, 1.82) is 0 Å². The second-order valence-electron chi connectivity index (χ2n) is 4.55. The molecule has 1 saturated heterocycles. The molecule has 0 amide bonds. The average molecular weight is 247 g/mol. The first-order chi connectivity index (χ1) is 8.24. The topological polar surface area (TPSA) is 12.5 Å². The molecule has 2 fully saturated rings. The van der Waals surface area contributed by atoms with Crippen molar-refractivity contribution in [2.45, 2.75) is 53.1 Å². The van der Waals surface area contributed by atoms with Crippen LogP contribution in [0.4, 0.5) is 4.39 Å². The smallest absolute Gasteiger partial charge is 0.114 e. The molecule has 1 unspecified atom stereocenters. The third kappa shape index (κ3) is 5.82. The van der Waals surface area contributed by atoms with E-state index in [0.29, 0.717) is 12.0 Å². The van der Waals surface area contributed by atoms with Crippen LogP contribution in [0.2, 0.25) is 0 Å². The molecule has 1 aliphatic heterocycles. The van der Waals surface area contributed by atoms with Gasteiger partial charge in [0.15, 0.2) is 0 Å². The molecule has 3 heteroatoms. The molecule has 2 nitrogen and oxygen atoms in total. The molecule has 0 N–H and O–H groups in total. The molecule has 1 heterocycles. The quantitative estimate of drug-likeness (QED) is 0.754. The number of hydrogen-bond acceptors (Lipinski definition) is 2. The van der Waals surface area contributed by atoms with E-state index < -0.39 is 6.17 Å². The van der Waals surface area contributed by atoms with Crippen molar-refractivity contribution in [3.05, 3.63) is 0 Å². The molecule has 0 aromatic carbocycles. The maximum absolute atomic E-state index is 12.9.